The first kappa shape index (κ1) is 12.9. The van der Waals surface area contributed by atoms with Crippen molar-refractivity contribution in [3.8, 4) is 16.9 Å². The second-order valence-corrected chi connectivity index (χ2v) is 5.00. The highest BCUT2D eigenvalue weighted by molar-refractivity contribution is 7.81. The minimum Gasteiger partial charge on any atom is -0.362 e. The normalized spacial score (nSPS) is 11.2. The van der Waals surface area contributed by atoms with Gasteiger partial charge in [0.05, 0.1) is 0 Å². The van der Waals surface area contributed by atoms with Crippen LogP contribution in [-0.4, -0.2) is 13.0 Å². The van der Waals surface area contributed by atoms with Gasteiger partial charge in [0.2, 0.25) is 0 Å². The smallest absolute Gasteiger partial charge is 0.362 e. The molecule has 0 bridgehead atoms. The topological polar surface area (TPSA) is 63.6 Å². The van der Waals surface area contributed by atoms with E-state index in [1.165, 1.54) is 12.1 Å². The van der Waals surface area contributed by atoms with Crippen molar-refractivity contribution in [3.63, 3.8) is 0 Å². The van der Waals surface area contributed by atoms with Crippen molar-refractivity contribution >= 4 is 22.0 Å². The molecule has 0 unspecified atom stereocenters. The van der Waals surface area contributed by atoms with Gasteiger partial charge in [-0.15, -0.1) is 0 Å². The minimum atomic E-state index is -4.50. The molecule has 18 heavy (non-hydrogen) atoms. The van der Waals surface area contributed by atoms with Crippen molar-refractivity contribution in [2.75, 3.05) is 0 Å². The van der Waals surface area contributed by atoms with E-state index >= 15 is 0 Å². The van der Waals surface area contributed by atoms with Crippen molar-refractivity contribution in [3.05, 3.63) is 53.6 Å². The first-order chi connectivity index (χ1) is 8.44. The molecule has 2 aromatic carbocycles. The summed E-state index contributed by atoms with van der Waals surface area (Å²) in [5.41, 5.74) is 1.62. The Morgan fingerprint density at radius 3 is 2.28 bits per heavy atom. The van der Waals surface area contributed by atoms with Crippen molar-refractivity contribution in [1.29, 1.82) is 0 Å². The number of halogens is 1. The second-order valence-electron chi connectivity index (χ2n) is 3.55. The van der Waals surface area contributed by atoms with E-state index in [4.69, 9.17) is 16.2 Å². The maximum atomic E-state index is 10.6. The van der Waals surface area contributed by atoms with E-state index in [1.807, 2.05) is 0 Å². The van der Waals surface area contributed by atoms with Gasteiger partial charge in [0.15, 0.2) is 0 Å². The summed E-state index contributed by atoms with van der Waals surface area (Å²) in [7, 11) is -4.50. The predicted molar refractivity (Wildman–Crippen MR) is 69.1 cm³/mol. The summed E-state index contributed by atoms with van der Waals surface area (Å²) in [5, 5.41) is 0.615. The standard InChI is InChI=1S/C12H9ClO4S/c13-11-6-4-9(5-7-11)10-2-1-3-12(8-10)17-18(14,15)16/h1-8H,(H,14,15,16). The summed E-state index contributed by atoms with van der Waals surface area (Å²) in [5.74, 6) is 0.0463. The van der Waals surface area contributed by atoms with Crippen molar-refractivity contribution < 1.29 is 17.2 Å². The van der Waals surface area contributed by atoms with E-state index in [0.29, 0.717) is 5.02 Å². The Labute approximate surface area is 110 Å². The molecule has 6 heteroatoms. The molecule has 1 N–H and O–H groups in total. The van der Waals surface area contributed by atoms with Crippen LogP contribution in [0.5, 0.6) is 5.75 Å². The summed E-state index contributed by atoms with van der Waals surface area (Å²) < 4.78 is 34.2. The van der Waals surface area contributed by atoms with Crippen LogP contribution in [0.2, 0.25) is 5.02 Å². The molecule has 2 rings (SSSR count). The third-order valence-corrected chi connectivity index (χ3v) is 2.87. The third-order valence-electron chi connectivity index (χ3n) is 2.21. The Hall–Kier alpha value is -1.56. The lowest BCUT2D eigenvalue weighted by atomic mass is 10.1. The van der Waals surface area contributed by atoms with Gasteiger partial charge in [-0.1, -0.05) is 35.9 Å². The van der Waals surface area contributed by atoms with Crippen LogP contribution in [0.25, 0.3) is 11.1 Å². The summed E-state index contributed by atoms with van der Waals surface area (Å²) in [6, 6.07) is 13.4. The number of hydrogen-bond acceptors (Lipinski definition) is 3. The quantitative estimate of drug-likeness (QED) is 0.879. The third kappa shape index (κ3) is 3.46. The Morgan fingerprint density at radius 2 is 1.67 bits per heavy atom. The molecule has 0 aliphatic carbocycles. The Bertz CT molecular complexity index is 650. The van der Waals surface area contributed by atoms with E-state index in [1.54, 1.807) is 36.4 Å². The SMILES string of the molecule is O=S(=O)(O)Oc1cccc(-c2ccc(Cl)cc2)c1. The molecule has 0 saturated carbocycles. The highest BCUT2D eigenvalue weighted by Gasteiger charge is 2.07. The lowest BCUT2D eigenvalue weighted by Crippen LogP contribution is -2.06. The number of hydrogen-bond donors (Lipinski definition) is 1. The van der Waals surface area contributed by atoms with Gasteiger partial charge in [-0.3, -0.25) is 4.55 Å². The van der Waals surface area contributed by atoms with Gasteiger partial charge in [-0.25, -0.2) is 0 Å². The summed E-state index contributed by atoms with van der Waals surface area (Å²) in [6.45, 7) is 0. The average Bonchev–Trinajstić information content (AvgIpc) is 2.28. The van der Waals surface area contributed by atoms with Crippen LogP contribution in [0, 0.1) is 0 Å². The molecule has 0 atom stereocenters. The Kier molecular flexibility index (Phi) is 3.56. The first-order valence-electron chi connectivity index (χ1n) is 4.97. The molecule has 0 spiro atoms. The second kappa shape index (κ2) is 4.97. The molecule has 4 nitrogen and oxygen atoms in total. The van der Waals surface area contributed by atoms with Crippen LogP contribution >= 0.6 is 11.6 Å². The van der Waals surface area contributed by atoms with Gasteiger partial charge >= 0.3 is 10.4 Å². The molecule has 0 amide bonds. The van der Waals surface area contributed by atoms with Gasteiger partial charge in [-0.2, -0.15) is 8.42 Å². The molecule has 2 aromatic rings. The largest absolute Gasteiger partial charge is 0.446 e. The zero-order valence-corrected chi connectivity index (χ0v) is 10.6. The number of benzene rings is 2. The Balaban J connectivity index is 2.35. The van der Waals surface area contributed by atoms with Gasteiger partial charge < -0.3 is 4.18 Å². The van der Waals surface area contributed by atoms with Gasteiger partial charge in [0.25, 0.3) is 0 Å². The highest BCUT2D eigenvalue weighted by Crippen LogP contribution is 2.25. The molecule has 0 saturated heterocycles. The van der Waals surface area contributed by atoms with Crippen molar-refractivity contribution in [1.82, 2.24) is 0 Å². The molecule has 0 fully saturated rings. The van der Waals surface area contributed by atoms with Crippen molar-refractivity contribution in [2.45, 2.75) is 0 Å². The highest BCUT2D eigenvalue weighted by atomic mass is 35.5. The fraction of sp³-hybridized carbons (Fsp3) is 0. The molecule has 94 valence electrons. The fourth-order valence-corrected chi connectivity index (χ4v) is 1.96. The van der Waals surface area contributed by atoms with E-state index in [0.717, 1.165) is 11.1 Å². The lowest BCUT2D eigenvalue weighted by Gasteiger charge is -2.05. The monoisotopic (exact) mass is 284 g/mol. The summed E-state index contributed by atoms with van der Waals surface area (Å²) in [6.07, 6.45) is 0. The summed E-state index contributed by atoms with van der Waals surface area (Å²) >= 11 is 5.78. The molecule has 0 aromatic heterocycles. The molecule has 0 heterocycles. The molecular weight excluding hydrogens is 276 g/mol. The zero-order valence-electron chi connectivity index (χ0n) is 9.08. The Morgan fingerprint density at radius 1 is 1.00 bits per heavy atom. The van der Waals surface area contributed by atoms with Crippen LogP contribution < -0.4 is 4.18 Å². The molecule has 0 radical (unpaired) electrons. The predicted octanol–water partition coefficient (Wildman–Crippen LogP) is 3.19. The average molecular weight is 285 g/mol. The van der Waals surface area contributed by atoms with Crippen LogP contribution in [0.3, 0.4) is 0 Å². The minimum absolute atomic E-state index is 0.0463. The van der Waals surface area contributed by atoms with Gasteiger partial charge in [-0.05, 0) is 35.4 Å². The van der Waals surface area contributed by atoms with E-state index < -0.39 is 10.4 Å². The van der Waals surface area contributed by atoms with Crippen LogP contribution in [0.4, 0.5) is 0 Å². The van der Waals surface area contributed by atoms with Crippen LogP contribution in [-0.2, 0) is 10.4 Å². The van der Waals surface area contributed by atoms with E-state index in [-0.39, 0.29) is 5.75 Å². The molecule has 0 aliphatic rings. The molecular formula is C12H9ClO4S. The number of rotatable bonds is 3. The van der Waals surface area contributed by atoms with Crippen LogP contribution in [0.1, 0.15) is 0 Å². The van der Waals surface area contributed by atoms with Crippen molar-refractivity contribution in [2.24, 2.45) is 0 Å². The van der Waals surface area contributed by atoms with Gasteiger partial charge in [0.1, 0.15) is 5.75 Å². The van der Waals surface area contributed by atoms with Gasteiger partial charge in [0, 0.05) is 5.02 Å². The maximum Gasteiger partial charge on any atom is 0.446 e. The van der Waals surface area contributed by atoms with Crippen LogP contribution in [0.15, 0.2) is 48.5 Å². The summed E-state index contributed by atoms with van der Waals surface area (Å²) in [4.78, 5) is 0. The zero-order chi connectivity index (χ0) is 13.2. The lowest BCUT2D eigenvalue weighted by molar-refractivity contribution is 0.387. The molecule has 0 aliphatic heterocycles. The fourth-order valence-electron chi connectivity index (χ4n) is 1.49. The maximum absolute atomic E-state index is 10.6. The first-order valence-corrected chi connectivity index (χ1v) is 6.71. The van der Waals surface area contributed by atoms with E-state index in [2.05, 4.69) is 4.18 Å². The van der Waals surface area contributed by atoms with E-state index in [9.17, 15) is 8.42 Å².